The first-order chi connectivity index (χ1) is 8.02. The molecule has 1 aromatic carbocycles. The van der Waals surface area contributed by atoms with Gasteiger partial charge in [-0.2, -0.15) is 0 Å². The smallest absolute Gasteiger partial charge is 0.169 e. The van der Waals surface area contributed by atoms with Gasteiger partial charge in [-0.05, 0) is 37.0 Å². The second-order valence-electron chi connectivity index (χ2n) is 5.13. The van der Waals surface area contributed by atoms with Gasteiger partial charge in [-0.1, -0.05) is 22.0 Å². The minimum Gasteiger partial charge on any atom is -0.390 e. The van der Waals surface area contributed by atoms with Gasteiger partial charge in [0.05, 0.1) is 12.2 Å². The molecule has 0 amide bonds. The molecule has 1 spiro atoms. The maximum Gasteiger partial charge on any atom is 0.169 e. The van der Waals surface area contributed by atoms with Gasteiger partial charge in [0.1, 0.15) is 0 Å². The van der Waals surface area contributed by atoms with Crippen molar-refractivity contribution in [2.75, 3.05) is 0 Å². The van der Waals surface area contributed by atoms with Crippen LogP contribution in [0.4, 0.5) is 0 Å². The fraction of sp³-hybridized carbons (Fsp3) is 0.462. The van der Waals surface area contributed by atoms with Crippen LogP contribution in [0.2, 0.25) is 0 Å². The number of hydrogen-bond acceptors (Lipinski definition) is 3. The molecule has 0 aromatic heterocycles. The average Bonchev–Trinajstić information content (AvgIpc) is 2.69. The van der Waals surface area contributed by atoms with Crippen LogP contribution in [0.15, 0.2) is 22.7 Å². The Balaban J connectivity index is 2.02. The number of rotatable bonds is 0. The molecule has 0 bridgehead atoms. The quantitative estimate of drug-likeness (QED) is 0.766. The Bertz CT molecular complexity index is 487. The molecule has 0 saturated heterocycles. The summed E-state index contributed by atoms with van der Waals surface area (Å²) in [5, 5.41) is 19.3. The lowest BCUT2D eigenvalue weighted by molar-refractivity contribution is 0.0438. The zero-order valence-electron chi connectivity index (χ0n) is 9.19. The SMILES string of the molecule is O=C1c2cc(Br)ccc2CC12C[C@@H](O)[C@@H](O)C2. The highest BCUT2D eigenvalue weighted by molar-refractivity contribution is 9.10. The summed E-state index contributed by atoms with van der Waals surface area (Å²) in [6, 6.07) is 5.71. The molecule has 1 aromatic rings. The van der Waals surface area contributed by atoms with Crippen LogP contribution in [-0.2, 0) is 6.42 Å². The number of ketones is 1. The van der Waals surface area contributed by atoms with Crippen molar-refractivity contribution in [3.63, 3.8) is 0 Å². The number of Topliss-reactive ketones (excluding diaryl/α,β-unsaturated/α-hetero) is 1. The third-order valence-corrected chi connectivity index (χ3v) is 4.46. The molecule has 4 heteroatoms. The Labute approximate surface area is 108 Å². The first-order valence-corrected chi connectivity index (χ1v) is 6.50. The minimum absolute atomic E-state index is 0.0735. The van der Waals surface area contributed by atoms with Crippen molar-refractivity contribution in [3.05, 3.63) is 33.8 Å². The van der Waals surface area contributed by atoms with E-state index in [2.05, 4.69) is 15.9 Å². The van der Waals surface area contributed by atoms with Gasteiger partial charge in [-0.15, -0.1) is 0 Å². The van der Waals surface area contributed by atoms with E-state index < -0.39 is 17.6 Å². The van der Waals surface area contributed by atoms with E-state index in [1.165, 1.54) is 0 Å². The van der Waals surface area contributed by atoms with Crippen molar-refractivity contribution >= 4 is 21.7 Å². The van der Waals surface area contributed by atoms with Crippen LogP contribution >= 0.6 is 15.9 Å². The predicted molar refractivity (Wildman–Crippen MR) is 65.9 cm³/mol. The zero-order valence-corrected chi connectivity index (χ0v) is 10.8. The fourth-order valence-corrected chi connectivity index (χ4v) is 3.49. The second-order valence-corrected chi connectivity index (χ2v) is 6.05. The van der Waals surface area contributed by atoms with E-state index in [1.807, 2.05) is 18.2 Å². The fourth-order valence-electron chi connectivity index (χ4n) is 3.13. The Hall–Kier alpha value is -0.710. The van der Waals surface area contributed by atoms with E-state index in [0.29, 0.717) is 19.3 Å². The van der Waals surface area contributed by atoms with Gasteiger partial charge in [0.15, 0.2) is 5.78 Å². The molecule has 1 saturated carbocycles. The third kappa shape index (κ3) is 1.58. The van der Waals surface area contributed by atoms with Gasteiger partial charge in [0.25, 0.3) is 0 Å². The van der Waals surface area contributed by atoms with E-state index in [-0.39, 0.29) is 5.78 Å². The van der Waals surface area contributed by atoms with Crippen molar-refractivity contribution in [1.29, 1.82) is 0 Å². The molecule has 2 aliphatic carbocycles. The standard InChI is InChI=1S/C13H13BrO3/c14-8-2-1-7-4-13(12(17)9(7)3-8)5-10(15)11(16)6-13/h1-3,10-11,15-16H,4-6H2/t10-,11+,13?. The van der Waals surface area contributed by atoms with Gasteiger partial charge in [-0.25, -0.2) is 0 Å². The summed E-state index contributed by atoms with van der Waals surface area (Å²) in [4.78, 5) is 12.4. The molecule has 0 radical (unpaired) electrons. The lowest BCUT2D eigenvalue weighted by Gasteiger charge is -2.19. The van der Waals surface area contributed by atoms with Crippen LogP contribution in [0.25, 0.3) is 0 Å². The summed E-state index contributed by atoms with van der Waals surface area (Å²) in [5.74, 6) is 0.0735. The highest BCUT2D eigenvalue weighted by Gasteiger charge is 2.53. The second kappa shape index (κ2) is 3.64. The van der Waals surface area contributed by atoms with Gasteiger partial charge in [0, 0.05) is 15.5 Å². The Morgan fingerprint density at radius 3 is 2.53 bits per heavy atom. The first kappa shape index (κ1) is 11.4. The van der Waals surface area contributed by atoms with Crippen LogP contribution in [0.1, 0.15) is 28.8 Å². The predicted octanol–water partition coefficient (Wildman–Crippen LogP) is 1.69. The highest BCUT2D eigenvalue weighted by Crippen LogP contribution is 2.49. The molecule has 3 rings (SSSR count). The first-order valence-electron chi connectivity index (χ1n) is 5.71. The third-order valence-electron chi connectivity index (χ3n) is 3.97. The Morgan fingerprint density at radius 2 is 1.88 bits per heavy atom. The normalized spacial score (nSPS) is 35.6. The van der Waals surface area contributed by atoms with E-state index >= 15 is 0 Å². The van der Waals surface area contributed by atoms with Crippen molar-refractivity contribution < 1.29 is 15.0 Å². The summed E-state index contributed by atoms with van der Waals surface area (Å²) < 4.78 is 0.890. The van der Waals surface area contributed by atoms with E-state index in [4.69, 9.17) is 0 Å². The van der Waals surface area contributed by atoms with Crippen molar-refractivity contribution in [3.8, 4) is 0 Å². The summed E-state index contributed by atoms with van der Waals surface area (Å²) in [6.07, 6.45) is -0.144. The van der Waals surface area contributed by atoms with Gasteiger partial charge in [-0.3, -0.25) is 4.79 Å². The van der Waals surface area contributed by atoms with Crippen LogP contribution in [0.5, 0.6) is 0 Å². The number of hydrogen-bond donors (Lipinski definition) is 2. The lowest BCUT2D eigenvalue weighted by atomic mass is 9.82. The molecule has 3 nitrogen and oxygen atoms in total. The molecule has 0 heterocycles. The van der Waals surface area contributed by atoms with Gasteiger partial charge < -0.3 is 10.2 Å². The topological polar surface area (TPSA) is 57.5 Å². The van der Waals surface area contributed by atoms with Crippen molar-refractivity contribution in [1.82, 2.24) is 0 Å². The number of carbonyl (C=O) groups excluding carboxylic acids is 1. The molecule has 3 atom stereocenters. The monoisotopic (exact) mass is 296 g/mol. The highest BCUT2D eigenvalue weighted by atomic mass is 79.9. The number of aliphatic hydroxyl groups is 2. The molecule has 2 N–H and O–H groups in total. The van der Waals surface area contributed by atoms with Crippen LogP contribution < -0.4 is 0 Å². The molecular weight excluding hydrogens is 284 g/mol. The maximum atomic E-state index is 12.4. The summed E-state index contributed by atoms with van der Waals surface area (Å²) in [5.41, 5.74) is 1.20. The van der Waals surface area contributed by atoms with E-state index in [0.717, 1.165) is 15.6 Å². The van der Waals surface area contributed by atoms with Gasteiger partial charge >= 0.3 is 0 Å². The summed E-state index contributed by atoms with van der Waals surface area (Å²) >= 11 is 3.36. The van der Waals surface area contributed by atoms with Crippen molar-refractivity contribution in [2.45, 2.75) is 31.5 Å². The summed E-state index contributed by atoms with van der Waals surface area (Å²) in [6.45, 7) is 0. The molecule has 17 heavy (non-hydrogen) atoms. The maximum absolute atomic E-state index is 12.4. The molecule has 90 valence electrons. The largest absolute Gasteiger partial charge is 0.390 e. The number of halogens is 1. The number of benzene rings is 1. The zero-order chi connectivity index (χ0) is 12.2. The molecule has 1 unspecified atom stereocenters. The van der Waals surface area contributed by atoms with Crippen LogP contribution in [0, 0.1) is 5.41 Å². The van der Waals surface area contributed by atoms with Crippen molar-refractivity contribution in [2.24, 2.45) is 5.41 Å². The number of carbonyl (C=O) groups is 1. The molecule has 1 fully saturated rings. The van der Waals surface area contributed by atoms with E-state index in [1.54, 1.807) is 0 Å². The Morgan fingerprint density at radius 1 is 1.24 bits per heavy atom. The summed E-state index contributed by atoms with van der Waals surface area (Å²) in [7, 11) is 0. The Kier molecular flexibility index (Phi) is 2.44. The molecule has 0 aliphatic heterocycles. The van der Waals surface area contributed by atoms with E-state index in [9.17, 15) is 15.0 Å². The van der Waals surface area contributed by atoms with Crippen LogP contribution in [-0.4, -0.2) is 28.2 Å². The minimum atomic E-state index is -0.767. The number of aliphatic hydroxyl groups excluding tert-OH is 2. The lowest BCUT2D eigenvalue weighted by Crippen LogP contribution is -2.25. The van der Waals surface area contributed by atoms with Gasteiger partial charge in [0.2, 0.25) is 0 Å². The average molecular weight is 297 g/mol. The van der Waals surface area contributed by atoms with Crippen LogP contribution in [0.3, 0.4) is 0 Å². The number of fused-ring (bicyclic) bond motifs is 1. The molecule has 2 aliphatic rings. The molecular formula is C13H13BrO3.